The highest BCUT2D eigenvalue weighted by atomic mass is 35.5. The first-order valence-corrected chi connectivity index (χ1v) is 7.82. The fourth-order valence-corrected chi connectivity index (χ4v) is 2.19. The summed E-state index contributed by atoms with van der Waals surface area (Å²) in [6.45, 7) is 2.05. The van der Waals surface area contributed by atoms with E-state index >= 15 is 0 Å². The number of benzene rings is 1. The fraction of sp³-hybridized carbons (Fsp3) is 0.250. The zero-order chi connectivity index (χ0) is 15.9. The molecule has 0 aliphatic rings. The lowest BCUT2D eigenvalue weighted by Gasteiger charge is -2.09. The molecule has 22 heavy (non-hydrogen) atoms. The van der Waals surface area contributed by atoms with Gasteiger partial charge in [0.1, 0.15) is 5.82 Å². The number of aromatic nitrogens is 1. The standard InChI is InChI=1S/C16H17Cl2N3O/c1-2-3-7-15(22)20-11-8-9-14(19-10-11)21-13-6-4-5-12(17)16(13)18/h4-6,8-10H,2-3,7H2,1H3,(H,19,21)(H,20,22). The van der Waals surface area contributed by atoms with E-state index in [4.69, 9.17) is 23.2 Å². The van der Waals surface area contributed by atoms with Crippen molar-refractivity contribution in [1.82, 2.24) is 4.98 Å². The second kappa shape index (κ2) is 8.01. The molecule has 0 atom stereocenters. The number of amides is 1. The van der Waals surface area contributed by atoms with E-state index in [-0.39, 0.29) is 5.91 Å². The molecule has 0 aliphatic carbocycles. The van der Waals surface area contributed by atoms with Crippen molar-refractivity contribution in [3.8, 4) is 0 Å². The Balaban J connectivity index is 2.00. The number of carbonyl (C=O) groups excluding carboxylic acids is 1. The van der Waals surface area contributed by atoms with Crippen LogP contribution in [0.2, 0.25) is 10.0 Å². The monoisotopic (exact) mass is 337 g/mol. The predicted molar refractivity (Wildman–Crippen MR) is 92.1 cm³/mol. The molecule has 0 radical (unpaired) electrons. The summed E-state index contributed by atoms with van der Waals surface area (Å²) < 4.78 is 0. The van der Waals surface area contributed by atoms with E-state index in [0.717, 1.165) is 12.8 Å². The molecule has 1 amide bonds. The Labute approximate surface area is 139 Å². The average molecular weight is 338 g/mol. The minimum Gasteiger partial charge on any atom is -0.339 e. The zero-order valence-corrected chi connectivity index (χ0v) is 13.7. The van der Waals surface area contributed by atoms with Crippen LogP contribution < -0.4 is 10.6 Å². The Bertz CT molecular complexity index is 644. The lowest BCUT2D eigenvalue weighted by atomic mass is 10.2. The van der Waals surface area contributed by atoms with Crippen molar-refractivity contribution >= 4 is 46.3 Å². The third-order valence-electron chi connectivity index (χ3n) is 3.02. The van der Waals surface area contributed by atoms with Gasteiger partial charge >= 0.3 is 0 Å². The van der Waals surface area contributed by atoms with E-state index in [1.165, 1.54) is 0 Å². The summed E-state index contributed by atoms with van der Waals surface area (Å²) in [5.74, 6) is 0.623. The predicted octanol–water partition coefficient (Wildman–Crippen LogP) is 5.26. The molecular formula is C16H17Cl2N3O. The number of nitrogens with one attached hydrogen (secondary N) is 2. The van der Waals surface area contributed by atoms with Crippen molar-refractivity contribution in [2.24, 2.45) is 0 Å². The largest absolute Gasteiger partial charge is 0.339 e. The van der Waals surface area contributed by atoms with Crippen LogP contribution in [0, 0.1) is 0 Å². The third kappa shape index (κ3) is 4.61. The van der Waals surface area contributed by atoms with Crippen molar-refractivity contribution in [3.05, 3.63) is 46.6 Å². The second-order valence-corrected chi connectivity index (χ2v) is 5.60. The first-order valence-electron chi connectivity index (χ1n) is 7.07. The highest BCUT2D eigenvalue weighted by molar-refractivity contribution is 6.43. The number of rotatable bonds is 6. The van der Waals surface area contributed by atoms with Crippen LogP contribution in [0.3, 0.4) is 0 Å². The van der Waals surface area contributed by atoms with Crippen molar-refractivity contribution in [3.63, 3.8) is 0 Å². The molecule has 4 nitrogen and oxygen atoms in total. The minimum absolute atomic E-state index is 0.00208. The summed E-state index contributed by atoms with van der Waals surface area (Å²) in [6, 6.07) is 8.90. The molecule has 2 aromatic rings. The van der Waals surface area contributed by atoms with E-state index in [0.29, 0.717) is 33.7 Å². The van der Waals surface area contributed by atoms with Crippen LogP contribution in [0.5, 0.6) is 0 Å². The summed E-state index contributed by atoms with van der Waals surface area (Å²) in [5, 5.41) is 6.82. The molecule has 6 heteroatoms. The Morgan fingerprint density at radius 3 is 2.73 bits per heavy atom. The molecule has 2 N–H and O–H groups in total. The quantitative estimate of drug-likeness (QED) is 0.755. The van der Waals surface area contributed by atoms with E-state index in [9.17, 15) is 4.79 Å². The van der Waals surface area contributed by atoms with Crippen LogP contribution in [0.15, 0.2) is 36.5 Å². The van der Waals surface area contributed by atoms with E-state index in [1.807, 2.05) is 6.07 Å². The molecule has 2 rings (SSSR count). The van der Waals surface area contributed by atoms with E-state index in [2.05, 4.69) is 22.5 Å². The molecule has 0 unspecified atom stereocenters. The fourth-order valence-electron chi connectivity index (χ4n) is 1.84. The Hall–Kier alpha value is -1.78. The Morgan fingerprint density at radius 2 is 2.05 bits per heavy atom. The number of carbonyl (C=O) groups is 1. The maximum Gasteiger partial charge on any atom is 0.224 e. The molecule has 0 aliphatic heterocycles. The van der Waals surface area contributed by atoms with E-state index in [1.54, 1.807) is 30.5 Å². The van der Waals surface area contributed by atoms with Crippen LogP contribution in [0.4, 0.5) is 17.2 Å². The van der Waals surface area contributed by atoms with Crippen LogP contribution in [-0.4, -0.2) is 10.9 Å². The summed E-state index contributed by atoms with van der Waals surface area (Å²) in [5.41, 5.74) is 1.35. The number of hydrogen-bond donors (Lipinski definition) is 2. The van der Waals surface area contributed by atoms with Gasteiger partial charge in [0.2, 0.25) is 5.91 Å². The third-order valence-corrected chi connectivity index (χ3v) is 3.84. The van der Waals surface area contributed by atoms with Crippen molar-refractivity contribution < 1.29 is 4.79 Å². The summed E-state index contributed by atoms with van der Waals surface area (Å²) in [6.07, 6.45) is 4.00. The van der Waals surface area contributed by atoms with Gasteiger partial charge in [-0.3, -0.25) is 4.79 Å². The highest BCUT2D eigenvalue weighted by Gasteiger charge is 2.06. The maximum absolute atomic E-state index is 11.6. The lowest BCUT2D eigenvalue weighted by molar-refractivity contribution is -0.116. The van der Waals surface area contributed by atoms with Crippen LogP contribution in [-0.2, 0) is 4.79 Å². The number of halogens is 2. The van der Waals surface area contributed by atoms with Gasteiger partial charge in [0, 0.05) is 6.42 Å². The van der Waals surface area contributed by atoms with Crippen molar-refractivity contribution in [2.75, 3.05) is 10.6 Å². The first-order chi connectivity index (χ1) is 10.6. The van der Waals surface area contributed by atoms with Crippen molar-refractivity contribution in [1.29, 1.82) is 0 Å². The van der Waals surface area contributed by atoms with Gasteiger partial charge in [0.05, 0.1) is 27.6 Å². The summed E-state index contributed by atoms with van der Waals surface area (Å²) in [4.78, 5) is 15.9. The molecule has 1 aromatic heterocycles. The topological polar surface area (TPSA) is 54.0 Å². The Morgan fingerprint density at radius 1 is 1.23 bits per heavy atom. The van der Waals surface area contributed by atoms with Crippen molar-refractivity contribution in [2.45, 2.75) is 26.2 Å². The number of hydrogen-bond acceptors (Lipinski definition) is 3. The molecule has 1 heterocycles. The van der Waals surface area contributed by atoms with Gasteiger partial charge < -0.3 is 10.6 Å². The molecule has 0 saturated heterocycles. The SMILES string of the molecule is CCCCC(=O)Nc1ccc(Nc2cccc(Cl)c2Cl)nc1. The molecular weight excluding hydrogens is 321 g/mol. The number of anilines is 3. The van der Waals surface area contributed by atoms with Gasteiger partial charge in [0.25, 0.3) is 0 Å². The minimum atomic E-state index is 0.00208. The normalized spacial score (nSPS) is 10.3. The molecule has 0 spiro atoms. The van der Waals surface area contributed by atoms with Gasteiger partial charge in [-0.1, -0.05) is 42.6 Å². The molecule has 0 saturated carbocycles. The van der Waals surface area contributed by atoms with Crippen LogP contribution in [0.25, 0.3) is 0 Å². The lowest BCUT2D eigenvalue weighted by Crippen LogP contribution is -2.11. The molecule has 0 fully saturated rings. The zero-order valence-electron chi connectivity index (χ0n) is 12.2. The summed E-state index contributed by atoms with van der Waals surface area (Å²) in [7, 11) is 0. The molecule has 1 aromatic carbocycles. The smallest absolute Gasteiger partial charge is 0.224 e. The van der Waals surface area contributed by atoms with Gasteiger partial charge in [0.15, 0.2) is 0 Å². The van der Waals surface area contributed by atoms with Gasteiger partial charge in [-0.25, -0.2) is 4.98 Å². The van der Waals surface area contributed by atoms with Gasteiger partial charge in [-0.2, -0.15) is 0 Å². The van der Waals surface area contributed by atoms with Crippen LogP contribution in [0.1, 0.15) is 26.2 Å². The van der Waals surface area contributed by atoms with Gasteiger partial charge in [-0.15, -0.1) is 0 Å². The number of nitrogens with zero attached hydrogens (tertiary/aromatic N) is 1. The van der Waals surface area contributed by atoms with Crippen LogP contribution >= 0.6 is 23.2 Å². The molecule has 116 valence electrons. The van der Waals surface area contributed by atoms with Gasteiger partial charge in [-0.05, 0) is 30.7 Å². The highest BCUT2D eigenvalue weighted by Crippen LogP contribution is 2.31. The second-order valence-electron chi connectivity index (χ2n) is 4.81. The average Bonchev–Trinajstić information content (AvgIpc) is 2.51. The molecule has 0 bridgehead atoms. The maximum atomic E-state index is 11.6. The first kappa shape index (κ1) is 16.6. The number of unbranched alkanes of at least 4 members (excludes halogenated alkanes) is 1. The number of pyridine rings is 1. The van der Waals surface area contributed by atoms with E-state index < -0.39 is 0 Å². The summed E-state index contributed by atoms with van der Waals surface area (Å²) >= 11 is 12.1. The Kier molecular flexibility index (Phi) is 6.04.